The molecule has 176 valence electrons. The largest absolute Gasteiger partial charge is 0.488 e. The van der Waals surface area contributed by atoms with Crippen LogP contribution in [-0.4, -0.2) is 64.2 Å². The van der Waals surface area contributed by atoms with Crippen LogP contribution in [-0.2, 0) is 12.0 Å². The van der Waals surface area contributed by atoms with Crippen molar-refractivity contribution in [3.8, 4) is 5.75 Å². The van der Waals surface area contributed by atoms with Crippen LogP contribution in [0.4, 0.5) is 10.6 Å². The number of aryl methyl sites for hydroxylation is 1. The number of hydrogen-bond acceptors (Lipinski definition) is 5. The van der Waals surface area contributed by atoms with E-state index in [1.807, 2.05) is 62.7 Å². The number of anilines is 1. The van der Waals surface area contributed by atoms with E-state index in [1.165, 1.54) is 0 Å². The third-order valence-electron chi connectivity index (χ3n) is 5.39. The summed E-state index contributed by atoms with van der Waals surface area (Å²) in [6.07, 6.45) is 1.58. The second-order valence-electron chi connectivity index (χ2n) is 9.18. The number of aliphatic hydroxyl groups is 1. The zero-order chi connectivity index (χ0) is 23.3. The van der Waals surface area contributed by atoms with Gasteiger partial charge < -0.3 is 15.2 Å². The normalized spacial score (nSPS) is 15.8. The molecule has 2 amide bonds. The van der Waals surface area contributed by atoms with Crippen LogP contribution in [0.15, 0.2) is 30.3 Å². The van der Waals surface area contributed by atoms with Gasteiger partial charge in [0.15, 0.2) is 0 Å². The molecule has 1 saturated heterocycles. The number of nitrogens with zero attached hydrogens (tertiary/aromatic N) is 3. The van der Waals surface area contributed by atoms with E-state index < -0.39 is 0 Å². The van der Waals surface area contributed by atoms with Crippen molar-refractivity contribution in [1.82, 2.24) is 20.0 Å². The Labute approximate surface area is 194 Å². The van der Waals surface area contributed by atoms with Crippen LogP contribution in [0.1, 0.15) is 39.8 Å². The Morgan fingerprint density at radius 3 is 2.59 bits per heavy atom. The molecule has 0 radical (unpaired) electrons. The van der Waals surface area contributed by atoms with Crippen molar-refractivity contribution in [3.63, 3.8) is 0 Å². The second-order valence-corrected chi connectivity index (χ2v) is 9.61. The number of aliphatic hydroxyl groups excluding tert-OH is 1. The molecule has 1 fully saturated rings. The maximum Gasteiger partial charge on any atom is 0.320 e. The van der Waals surface area contributed by atoms with Crippen LogP contribution in [0.3, 0.4) is 0 Å². The molecule has 2 heterocycles. The molecule has 2 aromatic rings. The number of rotatable bonds is 9. The van der Waals surface area contributed by atoms with Crippen molar-refractivity contribution in [2.24, 2.45) is 0 Å². The molecule has 0 bridgehead atoms. The first kappa shape index (κ1) is 24.4. The van der Waals surface area contributed by atoms with Gasteiger partial charge in [-0.25, -0.2) is 9.48 Å². The maximum absolute atomic E-state index is 12.5. The molecule has 3 N–H and O–H groups in total. The third-order valence-corrected chi connectivity index (χ3v) is 5.64. The zero-order valence-electron chi connectivity index (χ0n) is 19.3. The lowest BCUT2D eigenvalue weighted by atomic mass is 10.1. The lowest BCUT2D eigenvalue weighted by molar-refractivity contribution is 0.0168. The SMILES string of the molecule is CCc1cc(NC(=O)NC(CO)CCN2CC(Oc3ccc(Cl)cc3)C2)n(C(C)(C)C)n1. The number of urea groups is 1. The van der Waals surface area contributed by atoms with Gasteiger partial charge in [0.05, 0.1) is 23.9 Å². The standard InChI is InChI=1S/C23H34ClN5O3/c1-5-17-12-21(29(27-17)23(2,3)4)26-22(31)25-18(15-30)10-11-28-13-20(14-28)32-19-8-6-16(24)7-9-19/h6-9,12,18,20,30H,5,10-11,13-15H2,1-4H3,(H2,25,26,31). The first-order valence-electron chi connectivity index (χ1n) is 11.1. The number of halogens is 1. The molecule has 9 heteroatoms. The van der Waals surface area contributed by atoms with E-state index >= 15 is 0 Å². The Morgan fingerprint density at radius 1 is 1.31 bits per heavy atom. The minimum atomic E-state index is -0.343. The highest BCUT2D eigenvalue weighted by Gasteiger charge is 2.29. The summed E-state index contributed by atoms with van der Waals surface area (Å²) >= 11 is 5.90. The van der Waals surface area contributed by atoms with Crippen molar-refractivity contribution in [2.75, 3.05) is 31.6 Å². The lowest BCUT2D eigenvalue weighted by Crippen LogP contribution is -2.55. The van der Waals surface area contributed by atoms with Crippen LogP contribution in [0.2, 0.25) is 5.02 Å². The van der Waals surface area contributed by atoms with Crippen LogP contribution < -0.4 is 15.4 Å². The van der Waals surface area contributed by atoms with Crippen LogP contribution >= 0.6 is 11.6 Å². The first-order valence-corrected chi connectivity index (χ1v) is 11.5. The summed E-state index contributed by atoms with van der Waals surface area (Å²) in [5.41, 5.74) is 0.663. The van der Waals surface area contributed by atoms with E-state index in [9.17, 15) is 9.90 Å². The number of nitrogens with one attached hydrogen (secondary N) is 2. The van der Waals surface area contributed by atoms with Gasteiger partial charge in [-0.15, -0.1) is 0 Å². The number of carbonyl (C=O) groups is 1. The van der Waals surface area contributed by atoms with E-state index in [0.29, 0.717) is 17.3 Å². The van der Waals surface area contributed by atoms with Crippen molar-refractivity contribution >= 4 is 23.4 Å². The molecule has 1 atom stereocenters. The van der Waals surface area contributed by atoms with Gasteiger partial charge in [-0.3, -0.25) is 10.2 Å². The quantitative estimate of drug-likeness (QED) is 0.529. The zero-order valence-corrected chi connectivity index (χ0v) is 20.0. The Hall–Kier alpha value is -2.29. The van der Waals surface area contributed by atoms with Gasteiger partial charge >= 0.3 is 6.03 Å². The van der Waals surface area contributed by atoms with E-state index in [0.717, 1.165) is 37.5 Å². The van der Waals surface area contributed by atoms with Crippen molar-refractivity contribution in [1.29, 1.82) is 0 Å². The summed E-state index contributed by atoms with van der Waals surface area (Å²) in [4.78, 5) is 14.8. The molecule has 1 aromatic carbocycles. The minimum absolute atomic E-state index is 0.120. The molecule has 3 rings (SSSR count). The van der Waals surface area contributed by atoms with E-state index in [-0.39, 0.29) is 30.3 Å². The number of benzene rings is 1. The lowest BCUT2D eigenvalue weighted by Gasteiger charge is -2.39. The van der Waals surface area contributed by atoms with Gasteiger partial charge in [-0.2, -0.15) is 5.10 Å². The summed E-state index contributed by atoms with van der Waals surface area (Å²) in [6.45, 7) is 10.4. The molecule has 1 aliphatic rings. The molecule has 32 heavy (non-hydrogen) atoms. The van der Waals surface area contributed by atoms with Crippen molar-refractivity contribution < 1.29 is 14.6 Å². The monoisotopic (exact) mass is 463 g/mol. The van der Waals surface area contributed by atoms with E-state index in [1.54, 1.807) is 0 Å². The van der Waals surface area contributed by atoms with E-state index in [4.69, 9.17) is 16.3 Å². The van der Waals surface area contributed by atoms with Gasteiger partial charge in [0.25, 0.3) is 0 Å². The van der Waals surface area contributed by atoms with Crippen molar-refractivity contribution in [3.05, 3.63) is 41.0 Å². The van der Waals surface area contributed by atoms with Crippen LogP contribution in [0.25, 0.3) is 0 Å². The Morgan fingerprint density at radius 2 is 2.00 bits per heavy atom. The maximum atomic E-state index is 12.5. The number of likely N-dealkylation sites (tertiary alicyclic amines) is 1. The van der Waals surface area contributed by atoms with Crippen LogP contribution in [0.5, 0.6) is 5.75 Å². The smallest absolute Gasteiger partial charge is 0.320 e. The predicted octanol–water partition coefficient (Wildman–Crippen LogP) is 3.49. The summed E-state index contributed by atoms with van der Waals surface area (Å²) < 4.78 is 7.73. The average molecular weight is 464 g/mol. The van der Waals surface area contributed by atoms with Gasteiger partial charge in [0, 0.05) is 30.7 Å². The molecule has 1 aromatic heterocycles. The van der Waals surface area contributed by atoms with Gasteiger partial charge in [-0.05, 0) is 57.9 Å². The van der Waals surface area contributed by atoms with E-state index in [2.05, 4.69) is 20.6 Å². The number of carbonyl (C=O) groups excluding carboxylic acids is 1. The average Bonchev–Trinajstić information content (AvgIpc) is 3.13. The summed E-state index contributed by atoms with van der Waals surface area (Å²) in [7, 11) is 0. The van der Waals surface area contributed by atoms with Crippen molar-refractivity contribution in [2.45, 2.75) is 58.2 Å². The highest BCUT2D eigenvalue weighted by atomic mass is 35.5. The number of aromatic nitrogens is 2. The summed E-state index contributed by atoms with van der Waals surface area (Å²) in [5.74, 6) is 1.46. The fraction of sp³-hybridized carbons (Fsp3) is 0.565. The molecule has 1 aliphatic heterocycles. The van der Waals surface area contributed by atoms with Gasteiger partial charge in [0.1, 0.15) is 17.7 Å². The molecule has 8 nitrogen and oxygen atoms in total. The predicted molar refractivity (Wildman–Crippen MR) is 127 cm³/mol. The third kappa shape index (κ3) is 6.60. The molecular formula is C23H34ClN5O3. The molecule has 0 spiro atoms. The Balaban J connectivity index is 1.43. The molecule has 1 unspecified atom stereocenters. The minimum Gasteiger partial charge on any atom is -0.488 e. The number of hydrogen-bond donors (Lipinski definition) is 3. The number of ether oxygens (including phenoxy) is 1. The van der Waals surface area contributed by atoms with Gasteiger partial charge in [-0.1, -0.05) is 18.5 Å². The highest BCUT2D eigenvalue weighted by Crippen LogP contribution is 2.22. The first-order chi connectivity index (χ1) is 15.2. The fourth-order valence-corrected chi connectivity index (χ4v) is 3.70. The summed E-state index contributed by atoms with van der Waals surface area (Å²) in [6, 6.07) is 8.57. The molecule has 0 saturated carbocycles. The Bertz CT molecular complexity index is 888. The summed E-state index contributed by atoms with van der Waals surface area (Å²) in [5, 5.41) is 20.7. The highest BCUT2D eigenvalue weighted by molar-refractivity contribution is 6.30. The number of amides is 2. The molecular weight excluding hydrogens is 430 g/mol. The molecule has 0 aliphatic carbocycles. The second kappa shape index (κ2) is 10.6. The van der Waals surface area contributed by atoms with Gasteiger partial charge in [0.2, 0.25) is 0 Å². The Kier molecular flexibility index (Phi) is 8.03. The van der Waals surface area contributed by atoms with Crippen LogP contribution in [0, 0.1) is 0 Å². The fourth-order valence-electron chi connectivity index (χ4n) is 3.57. The topological polar surface area (TPSA) is 91.6 Å².